The summed E-state index contributed by atoms with van der Waals surface area (Å²) in [5, 5.41) is 9.27. The van der Waals surface area contributed by atoms with E-state index in [1.165, 1.54) is 18.6 Å². The lowest BCUT2D eigenvalue weighted by Crippen LogP contribution is -2.38. The quantitative estimate of drug-likeness (QED) is 0.835. The van der Waals surface area contributed by atoms with E-state index in [0.29, 0.717) is 11.5 Å². The van der Waals surface area contributed by atoms with E-state index in [9.17, 15) is 9.90 Å². The smallest absolute Gasteiger partial charge is 0.338 e. The fourth-order valence-corrected chi connectivity index (χ4v) is 4.10. The molecule has 3 heteroatoms. The zero-order chi connectivity index (χ0) is 14.5. The monoisotopic (exact) mass is 274 g/mol. The summed E-state index contributed by atoms with van der Waals surface area (Å²) in [6.45, 7) is 6.87. The van der Waals surface area contributed by atoms with Crippen LogP contribution in [0.4, 0.5) is 0 Å². The van der Waals surface area contributed by atoms with Crippen molar-refractivity contribution in [3.63, 3.8) is 0 Å². The van der Waals surface area contributed by atoms with Crippen LogP contribution in [0.2, 0.25) is 0 Å². The number of carbonyl (C=O) groups excluding carboxylic acids is 1. The molecule has 0 aromatic heterocycles. The van der Waals surface area contributed by atoms with Crippen molar-refractivity contribution in [2.45, 2.75) is 46.1 Å². The molecule has 3 nitrogen and oxygen atoms in total. The normalized spacial score (nSPS) is 34.1. The average Bonchev–Trinajstić information content (AvgIpc) is 2.72. The number of phenols is 1. The molecule has 3 atom stereocenters. The van der Waals surface area contributed by atoms with E-state index in [4.69, 9.17) is 4.74 Å². The molecule has 0 heterocycles. The van der Waals surface area contributed by atoms with Gasteiger partial charge in [-0.2, -0.15) is 0 Å². The Morgan fingerprint density at radius 3 is 2.40 bits per heavy atom. The maximum atomic E-state index is 12.2. The minimum Gasteiger partial charge on any atom is -0.508 e. The van der Waals surface area contributed by atoms with Crippen LogP contribution in [0.1, 0.15) is 50.4 Å². The highest BCUT2D eigenvalue weighted by atomic mass is 16.5. The van der Waals surface area contributed by atoms with Gasteiger partial charge >= 0.3 is 5.97 Å². The first kappa shape index (κ1) is 13.5. The van der Waals surface area contributed by atoms with Gasteiger partial charge < -0.3 is 9.84 Å². The Labute approximate surface area is 120 Å². The Hall–Kier alpha value is -1.51. The molecule has 2 bridgehead atoms. The molecule has 0 spiro atoms. The van der Waals surface area contributed by atoms with Crippen molar-refractivity contribution in [1.29, 1.82) is 0 Å². The maximum absolute atomic E-state index is 12.2. The van der Waals surface area contributed by atoms with E-state index in [0.717, 1.165) is 12.8 Å². The van der Waals surface area contributed by atoms with Gasteiger partial charge in [0.15, 0.2) is 0 Å². The van der Waals surface area contributed by atoms with Crippen LogP contribution in [0.15, 0.2) is 24.3 Å². The number of rotatable bonds is 2. The molecule has 2 aliphatic rings. The highest BCUT2D eigenvalue weighted by Gasteiger charge is 2.62. The molecule has 108 valence electrons. The van der Waals surface area contributed by atoms with Crippen LogP contribution in [-0.4, -0.2) is 17.2 Å². The van der Waals surface area contributed by atoms with E-state index in [2.05, 4.69) is 20.8 Å². The van der Waals surface area contributed by atoms with Crippen LogP contribution < -0.4 is 0 Å². The summed E-state index contributed by atoms with van der Waals surface area (Å²) < 4.78 is 5.79. The molecule has 0 unspecified atom stereocenters. The number of hydrogen-bond acceptors (Lipinski definition) is 3. The van der Waals surface area contributed by atoms with Crippen molar-refractivity contribution in [2.24, 2.45) is 16.7 Å². The summed E-state index contributed by atoms with van der Waals surface area (Å²) >= 11 is 0. The van der Waals surface area contributed by atoms with Gasteiger partial charge in [-0.3, -0.25) is 0 Å². The van der Waals surface area contributed by atoms with Crippen molar-refractivity contribution in [2.75, 3.05) is 0 Å². The maximum Gasteiger partial charge on any atom is 0.338 e. The molecule has 0 amide bonds. The number of ether oxygens (including phenoxy) is 1. The Kier molecular flexibility index (Phi) is 2.86. The molecule has 0 saturated heterocycles. The van der Waals surface area contributed by atoms with Gasteiger partial charge in [0.2, 0.25) is 0 Å². The standard InChI is InChI=1S/C17H22O3/c1-16(2)12-8-9-17(16,3)14(10-12)20-15(19)11-4-6-13(18)7-5-11/h4-7,12,14,18H,8-10H2,1-3H3/t12-,14-,17+/m0/s1. The van der Waals surface area contributed by atoms with Crippen molar-refractivity contribution >= 4 is 5.97 Å². The van der Waals surface area contributed by atoms with Gasteiger partial charge in [-0.15, -0.1) is 0 Å². The van der Waals surface area contributed by atoms with Gasteiger partial charge in [-0.1, -0.05) is 20.8 Å². The third-order valence-corrected chi connectivity index (χ3v) is 6.07. The van der Waals surface area contributed by atoms with Crippen molar-refractivity contribution in [3.05, 3.63) is 29.8 Å². The SMILES string of the molecule is CC1(C)[C@H]2CC[C@]1(C)[C@@H](OC(=O)c1ccc(O)cc1)C2. The van der Waals surface area contributed by atoms with Crippen LogP contribution >= 0.6 is 0 Å². The summed E-state index contributed by atoms with van der Waals surface area (Å²) in [4.78, 5) is 12.2. The van der Waals surface area contributed by atoms with Gasteiger partial charge in [0.1, 0.15) is 11.9 Å². The minimum atomic E-state index is -0.278. The summed E-state index contributed by atoms with van der Waals surface area (Å²) in [7, 11) is 0. The topological polar surface area (TPSA) is 46.5 Å². The minimum absolute atomic E-state index is 0.0116. The average molecular weight is 274 g/mol. The summed E-state index contributed by atoms with van der Waals surface area (Å²) in [6.07, 6.45) is 3.37. The first-order valence-corrected chi connectivity index (χ1v) is 7.34. The number of esters is 1. The third-order valence-electron chi connectivity index (χ3n) is 6.07. The van der Waals surface area contributed by atoms with E-state index in [1.54, 1.807) is 12.1 Å². The van der Waals surface area contributed by atoms with Gasteiger partial charge in [-0.05, 0) is 54.9 Å². The first-order valence-electron chi connectivity index (χ1n) is 7.34. The molecular weight excluding hydrogens is 252 g/mol. The molecule has 1 aromatic rings. The molecule has 20 heavy (non-hydrogen) atoms. The second kappa shape index (κ2) is 4.24. The van der Waals surface area contributed by atoms with Crippen LogP contribution in [0, 0.1) is 16.7 Å². The number of benzene rings is 1. The molecule has 2 saturated carbocycles. The fraction of sp³-hybridized carbons (Fsp3) is 0.588. The van der Waals surface area contributed by atoms with Gasteiger partial charge in [0, 0.05) is 5.41 Å². The fourth-order valence-electron chi connectivity index (χ4n) is 4.10. The third kappa shape index (κ3) is 1.75. The number of carbonyl (C=O) groups is 1. The first-order chi connectivity index (χ1) is 9.34. The lowest BCUT2D eigenvalue weighted by Gasteiger charge is -2.38. The zero-order valence-corrected chi connectivity index (χ0v) is 12.3. The lowest BCUT2D eigenvalue weighted by molar-refractivity contribution is -0.0242. The second-order valence-electron chi connectivity index (χ2n) is 7.05. The van der Waals surface area contributed by atoms with Gasteiger partial charge in [-0.25, -0.2) is 4.79 Å². The Morgan fingerprint density at radius 2 is 1.90 bits per heavy atom. The van der Waals surface area contributed by atoms with Crippen molar-refractivity contribution < 1.29 is 14.6 Å². The Morgan fingerprint density at radius 1 is 1.25 bits per heavy atom. The van der Waals surface area contributed by atoms with E-state index in [-0.39, 0.29) is 28.7 Å². The largest absolute Gasteiger partial charge is 0.508 e. The number of phenolic OH excluding ortho intramolecular Hbond substituents is 1. The zero-order valence-electron chi connectivity index (χ0n) is 12.3. The predicted octanol–water partition coefficient (Wildman–Crippen LogP) is 3.76. The van der Waals surface area contributed by atoms with Gasteiger partial charge in [0.05, 0.1) is 5.56 Å². The van der Waals surface area contributed by atoms with Crippen LogP contribution in [0.3, 0.4) is 0 Å². The summed E-state index contributed by atoms with van der Waals surface area (Å²) in [5.74, 6) is 0.541. The molecule has 0 radical (unpaired) electrons. The second-order valence-corrected chi connectivity index (χ2v) is 7.05. The Balaban J connectivity index is 1.76. The Bertz CT molecular complexity index is 532. The van der Waals surface area contributed by atoms with E-state index >= 15 is 0 Å². The van der Waals surface area contributed by atoms with E-state index in [1.807, 2.05) is 0 Å². The van der Waals surface area contributed by atoms with E-state index < -0.39 is 0 Å². The highest BCUT2D eigenvalue weighted by Crippen LogP contribution is 2.66. The number of aromatic hydroxyl groups is 1. The van der Waals surface area contributed by atoms with Gasteiger partial charge in [0.25, 0.3) is 0 Å². The van der Waals surface area contributed by atoms with Crippen molar-refractivity contribution in [3.8, 4) is 5.75 Å². The highest BCUT2D eigenvalue weighted by molar-refractivity contribution is 5.89. The molecular formula is C17H22O3. The van der Waals surface area contributed by atoms with Crippen molar-refractivity contribution in [1.82, 2.24) is 0 Å². The lowest BCUT2D eigenvalue weighted by atomic mass is 9.70. The molecule has 2 aliphatic carbocycles. The number of hydrogen-bond donors (Lipinski definition) is 1. The van der Waals surface area contributed by atoms with Crippen LogP contribution in [0.25, 0.3) is 0 Å². The molecule has 3 rings (SSSR count). The summed E-state index contributed by atoms with van der Waals surface area (Å²) in [5.41, 5.74) is 0.837. The van der Waals surface area contributed by atoms with Crippen LogP contribution in [-0.2, 0) is 4.74 Å². The number of fused-ring (bicyclic) bond motifs is 2. The predicted molar refractivity (Wildman–Crippen MR) is 76.5 cm³/mol. The molecule has 0 aliphatic heterocycles. The molecule has 2 fully saturated rings. The summed E-state index contributed by atoms with van der Waals surface area (Å²) in [6, 6.07) is 6.25. The molecule has 1 aromatic carbocycles. The van der Waals surface area contributed by atoms with Crippen LogP contribution in [0.5, 0.6) is 5.75 Å². The molecule has 1 N–H and O–H groups in total.